The number of hydrogen-bond donors (Lipinski definition) is 1. The zero-order chi connectivity index (χ0) is 12.7. The zero-order valence-electron chi connectivity index (χ0n) is 9.64. The van der Waals surface area contributed by atoms with E-state index < -0.39 is 5.97 Å². The average Bonchev–Trinajstić information content (AvgIpc) is 3.01. The van der Waals surface area contributed by atoms with Crippen LogP contribution in [0.5, 0.6) is 0 Å². The Bertz CT molecular complexity index is 457. The Morgan fingerprint density at radius 2 is 1.33 bits per heavy atom. The van der Waals surface area contributed by atoms with Crippen LogP contribution in [0.3, 0.4) is 0 Å². The first-order chi connectivity index (χ1) is 8.15. The van der Waals surface area contributed by atoms with Crippen LogP contribution in [0.4, 0.5) is 0 Å². The van der Waals surface area contributed by atoms with Crippen LogP contribution in [0.25, 0.3) is 0 Å². The maximum absolute atomic E-state index is 10.7. The van der Waals surface area contributed by atoms with Crippen LogP contribution < -0.4 is 0 Å². The molecule has 0 heterocycles. The molecule has 0 radical (unpaired) electrons. The molecule has 0 fully saturated rings. The fraction of sp³-hybridized carbons (Fsp3) is 0.0769. The molecule has 0 spiro atoms. The largest absolute Gasteiger partial charge is 0.487 e. The van der Waals surface area contributed by atoms with Gasteiger partial charge in [0, 0.05) is 17.1 Å². The second-order valence-electron chi connectivity index (χ2n) is 3.14. The molecule has 1 N–H and O–H groups in total. The third-order valence-electron chi connectivity index (χ3n) is 1.99. The molecule has 0 saturated heterocycles. The van der Waals surface area contributed by atoms with E-state index in [1.807, 2.05) is 0 Å². The molecule has 0 amide bonds. The molecule has 2 aromatic rings. The van der Waals surface area contributed by atoms with Crippen molar-refractivity contribution in [3.05, 3.63) is 59.7 Å². The molecule has 18 heavy (non-hydrogen) atoms. The van der Waals surface area contributed by atoms with Crippen LogP contribution in [0.1, 0.15) is 20.7 Å². The standard InChI is InChI=1S/C7H7O2.C6H5O2.Fe/c1-9-7(8)6-4-2-3-5-6;7-6(8)5-3-1-2-4-5;/h2-5H,1H3;1-4H,(H,7,8);/q2*-1;. The molecule has 0 aliphatic rings. The van der Waals surface area contributed by atoms with Crippen molar-refractivity contribution in [3.63, 3.8) is 0 Å². The molecule has 0 bridgehead atoms. The van der Waals surface area contributed by atoms with Gasteiger partial charge in [0.25, 0.3) is 11.9 Å². The van der Waals surface area contributed by atoms with Crippen molar-refractivity contribution in [2.75, 3.05) is 7.11 Å². The molecule has 0 aliphatic carbocycles. The zero-order valence-corrected chi connectivity index (χ0v) is 10.7. The summed E-state index contributed by atoms with van der Waals surface area (Å²) in [5, 5.41) is 8.27. The summed E-state index contributed by atoms with van der Waals surface area (Å²) >= 11 is 0. The molecule has 2 aromatic carbocycles. The topological polar surface area (TPSA) is 63.6 Å². The summed E-state index contributed by atoms with van der Waals surface area (Å²) in [6.07, 6.45) is 0. The van der Waals surface area contributed by atoms with E-state index >= 15 is 0 Å². The minimum Gasteiger partial charge on any atom is -0.487 e. The molecule has 4 nitrogen and oxygen atoms in total. The van der Waals surface area contributed by atoms with E-state index in [2.05, 4.69) is 4.74 Å². The predicted molar refractivity (Wildman–Crippen MR) is 62.4 cm³/mol. The Hall–Kier alpha value is -1.84. The number of rotatable bonds is 2. The average molecular weight is 288 g/mol. The SMILES string of the molecule is COC(=O)[c-]1cccc1.O=C(O)[c-]1cccc1.[Fe]. The van der Waals surface area contributed by atoms with Gasteiger partial charge in [0.2, 0.25) is 0 Å². The molecule has 5 heteroatoms. The Kier molecular flexibility index (Phi) is 7.43. The molecule has 0 unspecified atom stereocenters. The van der Waals surface area contributed by atoms with E-state index in [0.717, 1.165) is 0 Å². The van der Waals surface area contributed by atoms with Gasteiger partial charge in [0.15, 0.2) is 0 Å². The number of carboxylic acid groups (broad SMARTS) is 1. The van der Waals surface area contributed by atoms with Crippen molar-refractivity contribution in [1.82, 2.24) is 0 Å². The van der Waals surface area contributed by atoms with Crippen LogP contribution in [0.2, 0.25) is 0 Å². The molecular formula is C13H12FeO4-2. The minimum absolute atomic E-state index is 0. The summed E-state index contributed by atoms with van der Waals surface area (Å²) in [4.78, 5) is 20.7. The Balaban J connectivity index is 0.000000306. The number of hydrogen-bond acceptors (Lipinski definition) is 3. The van der Waals surface area contributed by atoms with Crippen molar-refractivity contribution in [3.8, 4) is 0 Å². The quantitative estimate of drug-likeness (QED) is 0.523. The van der Waals surface area contributed by atoms with Gasteiger partial charge in [-0.3, -0.25) is 9.59 Å². The van der Waals surface area contributed by atoms with Gasteiger partial charge >= 0.3 is 0 Å². The number of ether oxygens (including phenoxy) is 1. The van der Waals surface area contributed by atoms with E-state index in [4.69, 9.17) is 5.11 Å². The molecule has 0 aliphatic heterocycles. The molecular weight excluding hydrogens is 276 g/mol. The Morgan fingerprint density at radius 3 is 1.61 bits per heavy atom. The van der Waals surface area contributed by atoms with Gasteiger partial charge in [0.1, 0.15) is 0 Å². The predicted octanol–water partition coefficient (Wildman–Crippen LogP) is 2.29. The fourth-order valence-electron chi connectivity index (χ4n) is 1.14. The van der Waals surface area contributed by atoms with E-state index in [1.54, 1.807) is 48.5 Å². The van der Waals surface area contributed by atoms with Crippen LogP contribution in [-0.4, -0.2) is 24.2 Å². The normalized spacial score (nSPS) is 8.50. The second kappa shape index (κ2) is 8.28. The Morgan fingerprint density at radius 1 is 0.944 bits per heavy atom. The van der Waals surface area contributed by atoms with E-state index in [9.17, 15) is 9.59 Å². The van der Waals surface area contributed by atoms with E-state index in [1.165, 1.54) is 7.11 Å². The third kappa shape index (κ3) is 4.99. The summed E-state index contributed by atoms with van der Waals surface area (Å²) in [7, 11) is 1.37. The maximum Gasteiger partial charge on any atom is 0.280 e. The van der Waals surface area contributed by atoms with E-state index in [0.29, 0.717) is 11.1 Å². The summed E-state index contributed by atoms with van der Waals surface area (Å²) in [6, 6.07) is 13.5. The van der Waals surface area contributed by atoms with Crippen LogP contribution in [0, 0.1) is 0 Å². The van der Waals surface area contributed by atoms with Gasteiger partial charge in [-0.15, -0.1) is 0 Å². The number of carbonyl (C=O) groups excluding carboxylic acids is 1. The molecule has 0 saturated carbocycles. The Labute approximate surface area is 115 Å². The second-order valence-corrected chi connectivity index (χ2v) is 3.14. The van der Waals surface area contributed by atoms with Crippen molar-refractivity contribution >= 4 is 11.9 Å². The van der Waals surface area contributed by atoms with Gasteiger partial charge in [-0.05, 0) is 0 Å². The molecule has 0 atom stereocenters. The summed E-state index contributed by atoms with van der Waals surface area (Å²) in [5.74, 6) is -1.14. The number of esters is 1. The minimum atomic E-state index is -0.866. The van der Waals surface area contributed by atoms with Gasteiger partial charge in [0.05, 0.1) is 7.11 Å². The monoisotopic (exact) mass is 288 g/mol. The van der Waals surface area contributed by atoms with Gasteiger partial charge in [-0.1, -0.05) is 11.1 Å². The number of carbonyl (C=O) groups is 2. The summed E-state index contributed by atoms with van der Waals surface area (Å²) < 4.78 is 4.46. The van der Waals surface area contributed by atoms with Gasteiger partial charge < -0.3 is 9.84 Å². The fourth-order valence-corrected chi connectivity index (χ4v) is 1.14. The molecule has 0 aromatic heterocycles. The first-order valence-electron chi connectivity index (χ1n) is 4.90. The van der Waals surface area contributed by atoms with Crippen molar-refractivity contribution in [2.24, 2.45) is 0 Å². The first kappa shape index (κ1) is 16.2. The van der Waals surface area contributed by atoms with Gasteiger partial charge in [-0.2, -0.15) is 24.3 Å². The number of methoxy groups -OCH3 is 1. The third-order valence-corrected chi connectivity index (χ3v) is 1.99. The smallest absolute Gasteiger partial charge is 0.280 e. The van der Waals surface area contributed by atoms with Crippen molar-refractivity contribution < 1.29 is 36.5 Å². The van der Waals surface area contributed by atoms with Gasteiger partial charge in [-0.25, -0.2) is 24.3 Å². The van der Waals surface area contributed by atoms with E-state index in [-0.39, 0.29) is 23.0 Å². The van der Waals surface area contributed by atoms with Crippen LogP contribution >= 0.6 is 0 Å². The molecule has 2 rings (SSSR count). The summed E-state index contributed by atoms with van der Waals surface area (Å²) in [5.41, 5.74) is 0.961. The van der Waals surface area contributed by atoms with Crippen molar-refractivity contribution in [2.45, 2.75) is 0 Å². The number of carboxylic acids is 1. The van der Waals surface area contributed by atoms with Crippen molar-refractivity contribution in [1.29, 1.82) is 0 Å². The van der Waals surface area contributed by atoms with Crippen LogP contribution in [0.15, 0.2) is 48.5 Å². The molecule has 98 valence electrons. The summed E-state index contributed by atoms with van der Waals surface area (Å²) in [6.45, 7) is 0. The maximum atomic E-state index is 10.7. The number of aromatic carboxylic acids is 1. The van der Waals surface area contributed by atoms with Crippen LogP contribution in [-0.2, 0) is 21.8 Å². The first-order valence-corrected chi connectivity index (χ1v) is 4.90.